The first-order valence-corrected chi connectivity index (χ1v) is 13.1. The van der Waals surface area contributed by atoms with Gasteiger partial charge < -0.3 is 14.2 Å². The number of likely N-dealkylation sites (tertiary alicyclic amines) is 1. The fourth-order valence-electron chi connectivity index (χ4n) is 5.50. The van der Waals surface area contributed by atoms with E-state index in [1.54, 1.807) is 7.11 Å². The summed E-state index contributed by atoms with van der Waals surface area (Å²) in [5.74, 6) is 1.80. The summed E-state index contributed by atoms with van der Waals surface area (Å²) in [5, 5.41) is 1.03. The molecular weight excluding hydrogens is 412 g/mol. The van der Waals surface area contributed by atoms with Gasteiger partial charge in [0.05, 0.1) is 12.7 Å². The third-order valence-corrected chi connectivity index (χ3v) is 7.24. The Morgan fingerprint density at radius 2 is 1.76 bits per heavy atom. The summed E-state index contributed by atoms with van der Waals surface area (Å²) in [6.45, 7) is 6.91. The van der Waals surface area contributed by atoms with Gasteiger partial charge in [-0.3, -0.25) is 4.90 Å². The van der Waals surface area contributed by atoms with Crippen LogP contribution >= 0.6 is 0 Å². The van der Waals surface area contributed by atoms with Gasteiger partial charge in [0, 0.05) is 42.8 Å². The highest BCUT2D eigenvalue weighted by atomic mass is 16.5. The largest absolute Gasteiger partial charge is 0.490 e. The van der Waals surface area contributed by atoms with Crippen LogP contribution in [0, 0.1) is 0 Å². The zero-order chi connectivity index (χ0) is 23.0. The van der Waals surface area contributed by atoms with Crippen molar-refractivity contribution < 1.29 is 14.2 Å². The van der Waals surface area contributed by atoms with E-state index in [2.05, 4.69) is 43.0 Å². The number of ether oxygens (including phenoxy) is 3. The minimum absolute atomic E-state index is 0.288. The Bertz CT molecular complexity index is 877. The van der Waals surface area contributed by atoms with Crippen LogP contribution in [0.15, 0.2) is 24.3 Å². The lowest BCUT2D eigenvalue weighted by Gasteiger charge is -2.38. The second kappa shape index (κ2) is 12.0. The van der Waals surface area contributed by atoms with Crippen LogP contribution in [0.4, 0.5) is 0 Å². The molecule has 1 aromatic carbocycles. The molecule has 1 saturated carbocycles. The smallest absolute Gasteiger partial charge is 0.146 e. The van der Waals surface area contributed by atoms with E-state index in [0.29, 0.717) is 25.3 Å². The summed E-state index contributed by atoms with van der Waals surface area (Å²) in [6.07, 6.45) is 12.5. The Morgan fingerprint density at radius 1 is 0.970 bits per heavy atom. The molecular formula is C28H42N2O3. The van der Waals surface area contributed by atoms with Crippen LogP contribution in [0.25, 0.3) is 10.9 Å². The number of benzene rings is 1. The number of aromatic nitrogens is 1. The Kier molecular flexibility index (Phi) is 8.85. The van der Waals surface area contributed by atoms with Crippen LogP contribution in [0.1, 0.15) is 77.3 Å². The maximum atomic E-state index is 6.58. The van der Waals surface area contributed by atoms with Gasteiger partial charge in [-0.25, -0.2) is 4.98 Å². The number of hydrogen-bond donors (Lipinski definition) is 0. The molecule has 1 saturated heterocycles. The van der Waals surface area contributed by atoms with E-state index in [0.717, 1.165) is 47.4 Å². The van der Waals surface area contributed by atoms with E-state index >= 15 is 0 Å². The molecule has 4 rings (SSSR count). The molecule has 33 heavy (non-hydrogen) atoms. The monoisotopic (exact) mass is 454 g/mol. The van der Waals surface area contributed by atoms with Crippen LogP contribution in [-0.4, -0.2) is 54.9 Å². The lowest BCUT2D eigenvalue weighted by atomic mass is 9.96. The fraction of sp³-hybridized carbons (Fsp3) is 0.679. The van der Waals surface area contributed by atoms with E-state index in [9.17, 15) is 0 Å². The van der Waals surface area contributed by atoms with Crippen molar-refractivity contribution in [2.75, 3.05) is 26.9 Å². The van der Waals surface area contributed by atoms with Crippen molar-refractivity contribution in [1.29, 1.82) is 0 Å². The first-order valence-electron chi connectivity index (χ1n) is 13.1. The molecule has 2 fully saturated rings. The van der Waals surface area contributed by atoms with Gasteiger partial charge in [-0.2, -0.15) is 0 Å². The number of pyridine rings is 1. The van der Waals surface area contributed by atoms with Crippen molar-refractivity contribution >= 4 is 10.9 Å². The molecule has 2 aliphatic rings. The van der Waals surface area contributed by atoms with Crippen molar-refractivity contribution in [1.82, 2.24) is 9.88 Å². The van der Waals surface area contributed by atoms with Gasteiger partial charge in [-0.15, -0.1) is 0 Å². The van der Waals surface area contributed by atoms with Crippen LogP contribution in [0.3, 0.4) is 0 Å². The topological polar surface area (TPSA) is 43.8 Å². The van der Waals surface area contributed by atoms with Crippen LogP contribution in [0.2, 0.25) is 0 Å². The molecule has 1 atom stereocenters. The van der Waals surface area contributed by atoms with E-state index < -0.39 is 0 Å². The highest BCUT2D eigenvalue weighted by molar-refractivity contribution is 5.90. The quantitative estimate of drug-likeness (QED) is 0.335. The van der Waals surface area contributed by atoms with Gasteiger partial charge in [0.1, 0.15) is 23.6 Å². The SMILES string of the molecule is COCCOc1cc(C[C@H]2CCCCN2C(C)C)nc2c(OC3CCCCCC3)cccc12. The molecule has 2 heterocycles. The van der Waals surface area contributed by atoms with E-state index in [-0.39, 0.29) is 6.10 Å². The zero-order valence-corrected chi connectivity index (χ0v) is 20.9. The average molecular weight is 455 g/mol. The second-order valence-electron chi connectivity index (χ2n) is 10.0. The van der Waals surface area contributed by atoms with Crippen LogP contribution in [-0.2, 0) is 11.2 Å². The van der Waals surface area contributed by atoms with E-state index in [1.807, 2.05) is 0 Å². The lowest BCUT2D eigenvalue weighted by molar-refractivity contribution is 0.111. The van der Waals surface area contributed by atoms with Crippen LogP contribution in [0.5, 0.6) is 11.5 Å². The number of hydrogen-bond acceptors (Lipinski definition) is 5. The van der Waals surface area contributed by atoms with Crippen molar-refractivity contribution in [2.24, 2.45) is 0 Å². The van der Waals surface area contributed by atoms with Gasteiger partial charge in [-0.05, 0) is 71.0 Å². The number of nitrogens with zero attached hydrogens (tertiary/aromatic N) is 2. The molecule has 5 nitrogen and oxygen atoms in total. The van der Waals surface area contributed by atoms with Crippen molar-refractivity contribution in [2.45, 2.75) is 96.2 Å². The van der Waals surface area contributed by atoms with Crippen molar-refractivity contribution in [3.05, 3.63) is 30.0 Å². The molecule has 0 radical (unpaired) electrons. The third kappa shape index (κ3) is 6.39. The average Bonchev–Trinajstić information content (AvgIpc) is 3.09. The molecule has 0 bridgehead atoms. The predicted octanol–water partition coefficient (Wildman–Crippen LogP) is 6.17. The summed E-state index contributed by atoms with van der Waals surface area (Å²) in [7, 11) is 1.71. The third-order valence-electron chi connectivity index (χ3n) is 7.24. The summed E-state index contributed by atoms with van der Waals surface area (Å²) < 4.78 is 18.0. The van der Waals surface area contributed by atoms with E-state index in [4.69, 9.17) is 19.2 Å². The molecule has 182 valence electrons. The van der Waals surface area contributed by atoms with Crippen molar-refractivity contribution in [3.63, 3.8) is 0 Å². The van der Waals surface area contributed by atoms with Gasteiger partial charge in [0.25, 0.3) is 0 Å². The Balaban J connectivity index is 1.65. The van der Waals surface area contributed by atoms with Crippen molar-refractivity contribution in [3.8, 4) is 11.5 Å². The Morgan fingerprint density at radius 3 is 2.52 bits per heavy atom. The fourth-order valence-corrected chi connectivity index (χ4v) is 5.50. The molecule has 2 aromatic rings. The summed E-state index contributed by atoms with van der Waals surface area (Å²) in [6, 6.07) is 9.51. The predicted molar refractivity (Wildman–Crippen MR) is 134 cm³/mol. The minimum Gasteiger partial charge on any atom is -0.490 e. The lowest BCUT2D eigenvalue weighted by Crippen LogP contribution is -2.45. The second-order valence-corrected chi connectivity index (χ2v) is 10.0. The first kappa shape index (κ1) is 24.3. The van der Waals surface area contributed by atoms with Crippen LogP contribution < -0.4 is 9.47 Å². The Labute approximate surface area is 199 Å². The molecule has 0 spiro atoms. The highest BCUT2D eigenvalue weighted by Crippen LogP contribution is 2.35. The molecule has 0 amide bonds. The minimum atomic E-state index is 0.288. The number of piperidine rings is 1. The Hall–Kier alpha value is -1.85. The maximum Gasteiger partial charge on any atom is 0.146 e. The molecule has 0 N–H and O–H groups in total. The summed E-state index contributed by atoms with van der Waals surface area (Å²) in [4.78, 5) is 7.83. The molecule has 1 aliphatic carbocycles. The summed E-state index contributed by atoms with van der Waals surface area (Å²) >= 11 is 0. The number of para-hydroxylation sites is 1. The highest BCUT2D eigenvalue weighted by Gasteiger charge is 2.26. The normalized spacial score (nSPS) is 20.8. The standard InChI is InChI=1S/C28H42N2O3/c1-21(2)30-16-9-8-11-23(30)19-22-20-27(32-18-17-31-3)25-14-10-15-26(28(25)29-22)33-24-12-6-4-5-7-13-24/h10,14-15,20-21,23-24H,4-9,11-13,16-19H2,1-3H3/t23-/m1/s1. The van der Waals surface area contributed by atoms with Gasteiger partial charge >= 0.3 is 0 Å². The summed E-state index contributed by atoms with van der Waals surface area (Å²) in [5.41, 5.74) is 2.04. The maximum absolute atomic E-state index is 6.58. The van der Waals surface area contributed by atoms with E-state index in [1.165, 1.54) is 51.5 Å². The number of methoxy groups -OCH3 is 1. The molecule has 0 unspecified atom stereocenters. The number of rotatable bonds is 9. The molecule has 1 aliphatic heterocycles. The zero-order valence-electron chi connectivity index (χ0n) is 20.9. The van der Waals surface area contributed by atoms with Gasteiger partial charge in [-0.1, -0.05) is 25.3 Å². The molecule has 5 heteroatoms. The first-order chi connectivity index (χ1) is 16.2. The molecule has 1 aromatic heterocycles. The van der Waals surface area contributed by atoms with Gasteiger partial charge in [0.15, 0.2) is 0 Å². The number of fused-ring (bicyclic) bond motifs is 1. The van der Waals surface area contributed by atoms with Gasteiger partial charge in [0.2, 0.25) is 0 Å².